The average molecular weight is 1800 g/mol. The molecule has 10 rings (SSSR count). The summed E-state index contributed by atoms with van der Waals surface area (Å²) in [6.45, 7) is 51.8. The fraction of sp³-hybridized carbons (Fsp3) is 0.705. The molecule has 6 fully saturated rings. The highest BCUT2D eigenvalue weighted by atomic mass is 14.9. The standard InChI is InChI=1S/2C13H24N2.C11H20N2.C11H14N2.C8H14N2.2C8H8N2.2C7H14.C7H8.C4H8N2.C3H6N2.2C3H8.2C2H6.2CH4/c1-11-6-12(2,3)8-13(4,7-11)9-15-10-14-5;1-6-13(4)8-11(15-10-14-5)7-12(2,3)9-13;2*1-3-10-5-4-6-11(7-10)8-13-9-12-2;3*1-9-7-10-8-5-3-2-4-6-8;3*1-7-5-3-2-4-6-7;1-3-6-4-5-2;1-4-3-5-2;2*1-3-2;2*1-2;;/h2*11H,6-9H2,1-5H3;10-11H,3-8H2,1-2H3;4-7H,3,8H2,1-2H3;8H,2-6H2,1H3;2*2-6H,1H3;2*7H,2-6H2,1H3;2-6H,1H3;3H2,1-2H3;1-2H3;2*3H2,1-2H3;2*1-2H3;2*1H4. The van der Waals surface area contributed by atoms with E-state index in [1.807, 2.05) is 113 Å². The highest BCUT2D eigenvalue weighted by Crippen LogP contribution is 2.50. The van der Waals surface area contributed by atoms with Crippen LogP contribution in [0.3, 0.4) is 0 Å². The molecule has 4 aromatic carbocycles. The van der Waals surface area contributed by atoms with Gasteiger partial charge in [0.25, 0.3) is 0 Å². The first-order valence-corrected chi connectivity index (χ1v) is 48.9. The van der Waals surface area contributed by atoms with Gasteiger partial charge in [0.2, 0.25) is 0 Å². The van der Waals surface area contributed by atoms with Gasteiger partial charge in [0, 0.05) is 77.0 Å². The molecule has 0 heterocycles. The predicted octanol–water partition coefficient (Wildman–Crippen LogP) is 33.9. The van der Waals surface area contributed by atoms with E-state index in [9.17, 15) is 0 Å². The molecule has 18 heteroatoms. The van der Waals surface area contributed by atoms with E-state index in [2.05, 4.69) is 298 Å². The van der Waals surface area contributed by atoms with Crippen molar-refractivity contribution < 1.29 is 0 Å². The van der Waals surface area contributed by atoms with Crippen LogP contribution >= 0.6 is 0 Å². The third-order valence-electron chi connectivity index (χ3n) is 21.0. The Balaban J connectivity index is -0.000000208. The molecule has 6 unspecified atom stereocenters. The lowest BCUT2D eigenvalue weighted by Gasteiger charge is -2.45. The molecule has 6 saturated carbocycles. The van der Waals surface area contributed by atoms with E-state index < -0.39 is 0 Å². The van der Waals surface area contributed by atoms with Crippen LogP contribution in [-0.4, -0.2) is 156 Å². The molecular weight excluding hydrogens is 1600 g/mol. The number of aryl methyl sites for hydroxylation is 2. The Hall–Kier alpha value is -8.70. The van der Waals surface area contributed by atoms with E-state index in [1.54, 1.807) is 70.5 Å². The third-order valence-corrected chi connectivity index (χ3v) is 21.0. The number of aliphatic imine (C=N–C) groups is 18. The molecule has 130 heavy (non-hydrogen) atoms. The molecule has 6 aliphatic rings. The summed E-state index contributed by atoms with van der Waals surface area (Å²) in [5, 5.41) is 0. The summed E-state index contributed by atoms with van der Waals surface area (Å²) in [5.74, 6) is 4.63. The van der Waals surface area contributed by atoms with Gasteiger partial charge in [-0.05, 0) is 171 Å². The van der Waals surface area contributed by atoms with Gasteiger partial charge < -0.3 is 0 Å². The monoisotopic (exact) mass is 1800 g/mol. The second-order valence-electron chi connectivity index (χ2n) is 35.3. The number of hydrogen-bond donors (Lipinski definition) is 0. The van der Waals surface area contributed by atoms with Gasteiger partial charge in [-0.15, -0.1) is 0 Å². The highest BCUT2D eigenvalue weighted by Gasteiger charge is 2.41. The minimum atomic E-state index is 0. The van der Waals surface area contributed by atoms with Crippen molar-refractivity contribution in [2.24, 2.45) is 141 Å². The molecule has 0 spiro atoms. The van der Waals surface area contributed by atoms with Crippen LogP contribution in [0.1, 0.15) is 363 Å². The summed E-state index contributed by atoms with van der Waals surface area (Å²) in [5.41, 5.74) is 7.32. The molecule has 0 radical (unpaired) electrons. The summed E-state index contributed by atoms with van der Waals surface area (Å²) in [4.78, 5) is 68.9. The Morgan fingerprint density at radius 1 is 0.346 bits per heavy atom. The molecule has 4 aromatic rings. The lowest BCUT2D eigenvalue weighted by molar-refractivity contribution is 0.0681. The van der Waals surface area contributed by atoms with E-state index in [0.29, 0.717) is 40.3 Å². The van der Waals surface area contributed by atoms with Crippen molar-refractivity contribution in [1.82, 2.24) is 0 Å². The first kappa shape index (κ1) is 137. The van der Waals surface area contributed by atoms with E-state index in [1.165, 1.54) is 203 Å². The van der Waals surface area contributed by atoms with Gasteiger partial charge in [0.1, 0.15) is 0 Å². The zero-order chi connectivity index (χ0) is 97.5. The normalized spacial score (nSPS) is 18.4. The molecule has 0 aliphatic heterocycles. The van der Waals surface area contributed by atoms with Crippen molar-refractivity contribution in [2.75, 3.05) is 90.1 Å². The van der Waals surface area contributed by atoms with Crippen LogP contribution < -0.4 is 0 Å². The molecule has 0 amide bonds. The molecule has 736 valence electrons. The fourth-order valence-corrected chi connectivity index (χ4v) is 15.9. The molecule has 6 aliphatic carbocycles. The van der Waals surface area contributed by atoms with Gasteiger partial charge in [-0.3, -0.25) is 0 Å². The Morgan fingerprint density at radius 2 is 0.731 bits per heavy atom. The van der Waals surface area contributed by atoms with Crippen LogP contribution in [0.5, 0.6) is 0 Å². The van der Waals surface area contributed by atoms with Crippen LogP contribution in [0.4, 0.5) is 11.4 Å². The zero-order valence-electron chi connectivity index (χ0n) is 88.1. The summed E-state index contributed by atoms with van der Waals surface area (Å²) in [7, 11) is 16.8. The minimum Gasteiger partial charge on any atom is -0.229 e. The van der Waals surface area contributed by atoms with Crippen LogP contribution in [0.2, 0.25) is 0 Å². The summed E-state index contributed by atoms with van der Waals surface area (Å²) in [6.07, 6.45) is 40.6. The molecule has 0 aromatic heterocycles. The maximum absolute atomic E-state index is 4.42. The Kier molecular flexibility index (Phi) is 104. The lowest BCUT2D eigenvalue weighted by atomic mass is 9.61. The van der Waals surface area contributed by atoms with Gasteiger partial charge in [-0.2, -0.15) is 9.98 Å². The fourth-order valence-electron chi connectivity index (χ4n) is 15.9. The number of rotatable bonds is 14. The maximum atomic E-state index is 4.42. The van der Waals surface area contributed by atoms with Gasteiger partial charge in [0.15, 0.2) is 0 Å². The summed E-state index contributed by atoms with van der Waals surface area (Å²) in [6, 6.07) is 62.1. The maximum Gasteiger partial charge on any atom is 0.0946 e. The lowest BCUT2D eigenvalue weighted by Crippen LogP contribution is -2.37. The quantitative estimate of drug-likeness (QED) is 0.108. The van der Waals surface area contributed by atoms with E-state index in [-0.39, 0.29) is 14.9 Å². The molecule has 0 N–H and O–H groups in total. The van der Waals surface area contributed by atoms with E-state index >= 15 is 0 Å². The molecule has 0 bridgehead atoms. The van der Waals surface area contributed by atoms with Crippen molar-refractivity contribution in [3.05, 3.63) is 132 Å². The Labute approximate surface area is 802 Å². The highest BCUT2D eigenvalue weighted by molar-refractivity contribution is 5.52. The topological polar surface area (TPSA) is 222 Å². The van der Waals surface area contributed by atoms with Crippen LogP contribution in [0.25, 0.3) is 0 Å². The van der Waals surface area contributed by atoms with Crippen LogP contribution in [-0.2, 0) is 13.0 Å². The second-order valence-corrected chi connectivity index (χ2v) is 35.3. The van der Waals surface area contributed by atoms with Crippen LogP contribution in [0, 0.1) is 58.2 Å². The van der Waals surface area contributed by atoms with Crippen LogP contribution in [0.15, 0.2) is 205 Å². The Morgan fingerprint density at radius 3 is 1.10 bits per heavy atom. The van der Waals surface area contributed by atoms with E-state index in [0.717, 1.165) is 67.0 Å². The predicted molar refractivity (Wildman–Crippen MR) is 581 cm³/mol. The van der Waals surface area contributed by atoms with Crippen molar-refractivity contribution in [1.29, 1.82) is 0 Å². The second kappa shape index (κ2) is 99.3. The van der Waals surface area contributed by atoms with E-state index in [4.69, 9.17) is 0 Å². The van der Waals surface area contributed by atoms with Gasteiger partial charge in [0.05, 0.1) is 97.2 Å². The number of nitrogens with zero attached hydrogens (tertiary/aromatic N) is 18. The number of benzene rings is 4. The molecule has 0 saturated heterocycles. The van der Waals surface area contributed by atoms with Gasteiger partial charge >= 0.3 is 0 Å². The van der Waals surface area contributed by atoms with Crippen molar-refractivity contribution in [3.8, 4) is 0 Å². The summed E-state index contributed by atoms with van der Waals surface area (Å²) >= 11 is 0. The average Bonchev–Trinajstić information content (AvgIpc) is 0.898. The van der Waals surface area contributed by atoms with Gasteiger partial charge in [-0.1, -0.05) is 372 Å². The van der Waals surface area contributed by atoms with Gasteiger partial charge in [-0.25, -0.2) is 79.9 Å². The SMILES string of the molecule is C.C.CC.CC.CC1CCCCC1.CC1CCCCC1.CCC.CCC.CCC1(C)CC(N=C=NC)CC(C)(C)C1.CCC1CCCC(CN=C=NC)C1.CCN=C=NC.CCc1cccc(CN=C=NC)c1.CN=C=NC.CN=C=NC1CCCCC1.CN=C=NCC1(C)CC(C)CC(C)(C)C1.CN=C=Nc1ccccc1.CN=C=Nc1ccccc1.Cc1ccccc1. The van der Waals surface area contributed by atoms with Crippen molar-refractivity contribution in [2.45, 2.75) is 378 Å². The molecule has 18 nitrogen and oxygen atoms in total. The van der Waals surface area contributed by atoms with Crippen molar-refractivity contribution in [3.63, 3.8) is 0 Å². The first-order valence-electron chi connectivity index (χ1n) is 48.9. The molecule has 6 atom stereocenters. The van der Waals surface area contributed by atoms with Crippen molar-refractivity contribution >= 4 is 65.5 Å². The largest absolute Gasteiger partial charge is 0.229 e. The Bertz CT molecular complexity index is 3680. The zero-order valence-corrected chi connectivity index (χ0v) is 88.1. The number of hydrogen-bond acceptors (Lipinski definition) is 18. The number of para-hydroxylation sites is 2. The molecular formula is C112H198N18. The smallest absolute Gasteiger partial charge is 0.0946 e. The summed E-state index contributed by atoms with van der Waals surface area (Å²) < 4.78 is 0. The first-order chi connectivity index (χ1) is 61.6. The third kappa shape index (κ3) is 91.2. The minimum absolute atomic E-state index is 0.